The summed E-state index contributed by atoms with van der Waals surface area (Å²) in [7, 11) is 0. The van der Waals surface area contributed by atoms with Crippen molar-refractivity contribution in [2.45, 2.75) is 63.2 Å². The van der Waals surface area contributed by atoms with Crippen LogP contribution < -0.4 is 0 Å². The van der Waals surface area contributed by atoms with Crippen LogP contribution in [0.3, 0.4) is 0 Å². The second kappa shape index (κ2) is 30.0. The molecule has 4 aliphatic rings. The van der Waals surface area contributed by atoms with E-state index in [4.69, 9.17) is 8.83 Å². The number of furan rings is 2. The summed E-state index contributed by atoms with van der Waals surface area (Å²) in [5.41, 5.74) is 45.4. The van der Waals surface area contributed by atoms with Crippen LogP contribution in [-0.4, -0.2) is 0 Å². The second-order valence-corrected chi connectivity index (χ2v) is 39.9. The van der Waals surface area contributed by atoms with Gasteiger partial charge in [-0.2, -0.15) is 0 Å². The molecule has 2 heteroatoms. The van der Waals surface area contributed by atoms with E-state index < -0.39 is 10.8 Å². The Kier molecular flexibility index (Phi) is 17.5. The van der Waals surface area contributed by atoms with Gasteiger partial charge < -0.3 is 8.83 Å². The van der Waals surface area contributed by atoms with Crippen LogP contribution in [0.25, 0.3) is 220 Å². The monoisotopic (exact) mass is 1730 g/mol. The molecule has 2 heterocycles. The SMILES string of the molecule is CC(C)(C)c1ccc(-c2ccc3oc4c(-c5ccc(-c6cc7ccccc7c7ccccc67)cc5)cc(-c5ccc(C(C)(C)C)cc5)cc4c3c2)cc1.c1ccc2c(c1)-c1ccccc1C21c2ccccc2-c2ccc(-c3ccc4oc5c(-c6ccc(-c7cc8ccccc8c8ccccc78)cc6)cc(-c6ccc7c(c6)C6(c8ccccc8-c8ccccc86)c6ccccc6-7)cc5c4c3)cc21. The third kappa shape index (κ3) is 11.9. The summed E-state index contributed by atoms with van der Waals surface area (Å²) >= 11 is 0. The highest BCUT2D eigenvalue weighted by Gasteiger charge is 2.53. The highest BCUT2D eigenvalue weighted by atomic mass is 16.3. The first kappa shape index (κ1) is 79.2. The normalized spacial score (nSPS) is 13.3. The number of benzene rings is 22. The Hall–Kier alpha value is -16.5. The minimum Gasteiger partial charge on any atom is -0.455 e. The Morgan fingerprint density at radius 1 is 0.154 bits per heavy atom. The van der Waals surface area contributed by atoms with Gasteiger partial charge in [-0.05, 0) is 305 Å². The first-order valence-corrected chi connectivity index (χ1v) is 47.8. The van der Waals surface area contributed by atoms with Gasteiger partial charge in [0.25, 0.3) is 0 Å². The molecule has 0 amide bonds. The molecule has 0 radical (unpaired) electrons. The van der Waals surface area contributed by atoms with Crippen molar-refractivity contribution in [1.82, 2.24) is 0 Å². The quantitative estimate of drug-likeness (QED) is 0.142. The summed E-state index contributed by atoms with van der Waals surface area (Å²) in [6, 6.07) is 168. The van der Waals surface area contributed by atoms with Crippen molar-refractivity contribution in [3.8, 4) is 134 Å². The molecule has 0 fully saturated rings. The molecule has 0 N–H and O–H groups in total. The Balaban J connectivity index is 0.000000153. The minimum atomic E-state index is -0.458. The molecule has 2 nitrogen and oxygen atoms in total. The van der Waals surface area contributed by atoms with Gasteiger partial charge in [0.2, 0.25) is 0 Å². The van der Waals surface area contributed by atoms with E-state index in [1.807, 2.05) is 0 Å². The molecule has 2 spiro atoms. The topological polar surface area (TPSA) is 26.3 Å². The van der Waals surface area contributed by atoms with Gasteiger partial charge in [-0.25, -0.2) is 0 Å². The molecule has 640 valence electrons. The highest BCUT2D eigenvalue weighted by Crippen LogP contribution is 2.66. The van der Waals surface area contributed by atoms with E-state index in [2.05, 4.69) is 490 Å². The van der Waals surface area contributed by atoms with Gasteiger partial charge in [0.05, 0.1) is 10.8 Å². The fourth-order valence-electron chi connectivity index (χ4n) is 24.0. The van der Waals surface area contributed by atoms with Crippen LogP contribution in [-0.2, 0) is 21.7 Å². The molecule has 2 aromatic heterocycles. The van der Waals surface area contributed by atoms with Gasteiger partial charge in [0, 0.05) is 32.7 Å². The van der Waals surface area contributed by atoms with Crippen LogP contribution in [0.2, 0.25) is 0 Å². The Morgan fingerprint density at radius 3 is 0.765 bits per heavy atom. The van der Waals surface area contributed by atoms with E-state index in [1.54, 1.807) is 0 Å². The largest absolute Gasteiger partial charge is 0.455 e. The van der Waals surface area contributed by atoms with Gasteiger partial charge in [-0.3, -0.25) is 0 Å². The van der Waals surface area contributed by atoms with Crippen molar-refractivity contribution >= 4 is 87.0 Å². The van der Waals surface area contributed by atoms with Crippen LogP contribution >= 0.6 is 0 Å². The molecule has 24 aromatic rings. The van der Waals surface area contributed by atoms with Crippen molar-refractivity contribution < 1.29 is 8.83 Å². The predicted octanol–water partition coefficient (Wildman–Crippen LogP) is 36.4. The van der Waals surface area contributed by atoms with Crippen LogP contribution in [0.4, 0.5) is 0 Å². The molecule has 0 saturated carbocycles. The summed E-state index contributed by atoms with van der Waals surface area (Å²) in [5.74, 6) is 0. The van der Waals surface area contributed by atoms with Gasteiger partial charge in [0.1, 0.15) is 22.3 Å². The zero-order chi connectivity index (χ0) is 90.6. The third-order valence-electron chi connectivity index (χ3n) is 30.5. The van der Waals surface area contributed by atoms with E-state index in [0.717, 1.165) is 77.3 Å². The molecule has 4 aliphatic carbocycles. The molecular formula is C134H92O2. The fraction of sp³-hybridized carbons (Fsp3) is 0.0746. The summed E-state index contributed by atoms with van der Waals surface area (Å²) in [6.45, 7) is 13.6. The lowest BCUT2D eigenvalue weighted by Gasteiger charge is -2.30. The van der Waals surface area contributed by atoms with Crippen molar-refractivity contribution in [3.05, 3.63) is 505 Å². The maximum absolute atomic E-state index is 7.18. The zero-order valence-electron chi connectivity index (χ0n) is 76.5. The number of hydrogen-bond acceptors (Lipinski definition) is 2. The number of rotatable bonds is 8. The van der Waals surface area contributed by atoms with E-state index in [1.165, 1.54) is 199 Å². The van der Waals surface area contributed by atoms with Gasteiger partial charge in [-0.1, -0.05) is 418 Å². The van der Waals surface area contributed by atoms with Crippen molar-refractivity contribution in [2.24, 2.45) is 0 Å². The minimum absolute atomic E-state index is 0.0913. The van der Waals surface area contributed by atoms with Crippen LogP contribution in [0.15, 0.2) is 458 Å². The molecule has 136 heavy (non-hydrogen) atoms. The van der Waals surface area contributed by atoms with Gasteiger partial charge in [-0.15, -0.1) is 0 Å². The molecule has 0 bridgehead atoms. The molecule has 28 rings (SSSR count). The van der Waals surface area contributed by atoms with Crippen molar-refractivity contribution in [2.75, 3.05) is 0 Å². The zero-order valence-corrected chi connectivity index (χ0v) is 76.5. The van der Waals surface area contributed by atoms with E-state index in [-0.39, 0.29) is 10.8 Å². The van der Waals surface area contributed by atoms with E-state index in [9.17, 15) is 0 Å². The first-order valence-electron chi connectivity index (χ1n) is 47.8. The lowest BCUT2D eigenvalue weighted by atomic mass is 9.70. The van der Waals surface area contributed by atoms with Gasteiger partial charge in [0.15, 0.2) is 0 Å². The van der Waals surface area contributed by atoms with Crippen LogP contribution in [0, 0.1) is 0 Å². The molecule has 0 atom stereocenters. The Bertz CT molecular complexity index is 9020. The molecule has 22 aromatic carbocycles. The van der Waals surface area contributed by atoms with Gasteiger partial charge >= 0.3 is 0 Å². The van der Waals surface area contributed by atoms with E-state index in [0.29, 0.717) is 0 Å². The van der Waals surface area contributed by atoms with Crippen molar-refractivity contribution in [3.63, 3.8) is 0 Å². The maximum atomic E-state index is 7.18. The number of hydrogen-bond donors (Lipinski definition) is 0. The molecule has 0 aliphatic heterocycles. The molecule has 0 unspecified atom stereocenters. The molecule has 0 saturated heterocycles. The first-order chi connectivity index (χ1) is 66.6. The average Bonchev–Trinajstić information content (AvgIpc) is 1.51. The summed E-state index contributed by atoms with van der Waals surface area (Å²) in [5, 5.41) is 14.6. The lowest BCUT2D eigenvalue weighted by molar-refractivity contribution is 0.590. The number of fused-ring (bicyclic) bond motifs is 32. The maximum Gasteiger partial charge on any atom is 0.143 e. The molecular weight excluding hydrogens is 1640 g/mol. The smallest absolute Gasteiger partial charge is 0.143 e. The highest BCUT2D eigenvalue weighted by molar-refractivity contribution is 6.18. The van der Waals surface area contributed by atoms with Crippen LogP contribution in [0.5, 0.6) is 0 Å². The summed E-state index contributed by atoms with van der Waals surface area (Å²) in [6.07, 6.45) is 0. The lowest BCUT2D eigenvalue weighted by Crippen LogP contribution is -2.25. The standard InChI is InChI=1S/C82H48O.C52H44O/c1-2-18-56-54(17-1)44-67(58-20-4-3-19-57(56)58)49-33-35-50(36-34-49)68-45-55(53-38-41-66-64-26-10-16-32-76(64)82(78(66)48-53)73-29-13-7-23-61(73)62-24-8-14-30-74(62)82)46-70-69-43-51(39-42-79(69)83-80(68)70)52-37-40-65-63-25-9-15-31-75(63)81(77(65)47-52)71-27-11-5-21-59(71)60-22-6-12-28-72(60)81;1-51(2,3)40-24-19-33(20-25-40)37-23-28-49-47(29-37)48-32-39(34-21-26-41(27-22-34)52(4,5)6)31-46(50(48)53-49)36-17-15-35(16-18-36)45-30-38-11-7-8-12-42(38)43-13-9-10-14-44(43)45/h1-48H;7-32H,1-6H3. The summed E-state index contributed by atoms with van der Waals surface area (Å²) < 4.78 is 13.9. The average molecular weight is 1730 g/mol. The second-order valence-electron chi connectivity index (χ2n) is 39.9. The van der Waals surface area contributed by atoms with E-state index >= 15 is 0 Å². The van der Waals surface area contributed by atoms with Crippen LogP contribution in [0.1, 0.15) is 97.2 Å². The third-order valence-corrected chi connectivity index (χ3v) is 30.5. The van der Waals surface area contributed by atoms with Crippen molar-refractivity contribution in [1.29, 1.82) is 0 Å². The summed E-state index contributed by atoms with van der Waals surface area (Å²) in [4.78, 5) is 0. The predicted molar refractivity (Wildman–Crippen MR) is 571 cm³/mol. The Morgan fingerprint density at radius 2 is 0.404 bits per heavy atom. The fourth-order valence-corrected chi connectivity index (χ4v) is 24.0. The Labute approximate surface area is 791 Å².